The molecule has 0 aromatic heterocycles. The van der Waals surface area contributed by atoms with E-state index in [1.165, 1.54) is 0 Å². The first-order valence-electron chi connectivity index (χ1n) is 8.82. The molecule has 0 aliphatic carbocycles. The molecular weight excluding hydrogens is 332 g/mol. The Balaban J connectivity index is 1.80. The van der Waals surface area contributed by atoms with Crippen molar-refractivity contribution in [2.45, 2.75) is 24.3 Å². The van der Waals surface area contributed by atoms with Gasteiger partial charge in [0.2, 0.25) is 0 Å². The van der Waals surface area contributed by atoms with Gasteiger partial charge in [0.15, 0.2) is 0 Å². The van der Waals surface area contributed by atoms with E-state index in [1.807, 2.05) is 60.7 Å². The van der Waals surface area contributed by atoms with E-state index in [0.29, 0.717) is 13.1 Å². The summed E-state index contributed by atoms with van der Waals surface area (Å²) >= 11 is 0. The fourth-order valence-electron chi connectivity index (χ4n) is 2.83. The second-order valence-electron chi connectivity index (χ2n) is 6.20. The van der Waals surface area contributed by atoms with E-state index in [4.69, 9.17) is 0 Å². The van der Waals surface area contributed by atoms with Crippen molar-refractivity contribution in [1.82, 2.24) is 10.6 Å². The highest BCUT2D eigenvalue weighted by Gasteiger charge is 2.21. The van der Waals surface area contributed by atoms with Crippen molar-refractivity contribution in [2.75, 3.05) is 26.3 Å². The molecule has 0 heterocycles. The Kier molecular flexibility index (Phi) is 8.70. The van der Waals surface area contributed by atoms with Gasteiger partial charge in [-0.05, 0) is 11.1 Å². The van der Waals surface area contributed by atoms with Gasteiger partial charge in [-0.15, -0.1) is 0 Å². The number of rotatable bonds is 11. The first-order valence-corrected chi connectivity index (χ1v) is 8.82. The van der Waals surface area contributed by atoms with Gasteiger partial charge in [0.1, 0.15) is 0 Å². The summed E-state index contributed by atoms with van der Waals surface area (Å²) in [6.45, 7) is 0.526. The zero-order chi connectivity index (χ0) is 18.8. The Morgan fingerprint density at radius 1 is 0.615 bits per heavy atom. The summed E-state index contributed by atoms with van der Waals surface area (Å²) in [6, 6.07) is 17.3. The summed E-state index contributed by atoms with van der Waals surface area (Å²) in [5, 5.41) is 46.0. The van der Waals surface area contributed by atoms with E-state index >= 15 is 0 Å². The van der Waals surface area contributed by atoms with Crippen molar-refractivity contribution >= 4 is 0 Å². The Labute approximate surface area is 154 Å². The van der Waals surface area contributed by atoms with Gasteiger partial charge < -0.3 is 31.1 Å². The van der Waals surface area contributed by atoms with Crippen molar-refractivity contribution in [1.29, 1.82) is 0 Å². The summed E-state index contributed by atoms with van der Waals surface area (Å²) in [5.74, 6) is 0. The van der Waals surface area contributed by atoms with E-state index < -0.39 is 24.3 Å². The van der Waals surface area contributed by atoms with Crippen LogP contribution < -0.4 is 10.6 Å². The van der Waals surface area contributed by atoms with Crippen molar-refractivity contribution in [3.63, 3.8) is 0 Å². The molecule has 6 heteroatoms. The molecule has 0 unspecified atom stereocenters. The second kappa shape index (κ2) is 11.0. The highest BCUT2D eigenvalue weighted by Crippen LogP contribution is 2.17. The van der Waals surface area contributed by atoms with Gasteiger partial charge in [-0.3, -0.25) is 0 Å². The molecule has 26 heavy (non-hydrogen) atoms. The molecule has 0 saturated heterocycles. The minimum absolute atomic E-state index is 0.202. The Morgan fingerprint density at radius 3 is 1.27 bits per heavy atom. The average Bonchev–Trinajstić information content (AvgIpc) is 2.71. The maximum absolute atomic E-state index is 10.3. The van der Waals surface area contributed by atoms with Crippen LogP contribution >= 0.6 is 0 Å². The quantitative estimate of drug-likeness (QED) is 0.323. The molecule has 0 fully saturated rings. The fraction of sp³-hybridized carbons (Fsp3) is 0.400. The van der Waals surface area contributed by atoms with Crippen LogP contribution in [0.25, 0.3) is 0 Å². The molecular formula is C20H28N2O4. The van der Waals surface area contributed by atoms with Gasteiger partial charge in [-0.1, -0.05) is 60.7 Å². The topological polar surface area (TPSA) is 105 Å². The lowest BCUT2D eigenvalue weighted by Gasteiger charge is -2.25. The number of aliphatic hydroxyl groups excluding tert-OH is 4. The number of hydrogen-bond donors (Lipinski definition) is 6. The summed E-state index contributed by atoms with van der Waals surface area (Å²) in [6.07, 6.45) is -1.63. The monoisotopic (exact) mass is 360 g/mol. The smallest absolute Gasteiger partial charge is 0.0965 e. The molecule has 0 bridgehead atoms. The van der Waals surface area contributed by atoms with E-state index in [1.54, 1.807) is 0 Å². The molecule has 142 valence electrons. The summed E-state index contributed by atoms with van der Waals surface area (Å²) in [4.78, 5) is 0. The van der Waals surface area contributed by atoms with Gasteiger partial charge in [0.25, 0.3) is 0 Å². The van der Waals surface area contributed by atoms with Crippen LogP contribution in [0.4, 0.5) is 0 Å². The Morgan fingerprint density at radius 2 is 0.962 bits per heavy atom. The minimum atomic E-state index is -0.815. The van der Waals surface area contributed by atoms with Crippen molar-refractivity contribution in [3.8, 4) is 0 Å². The third kappa shape index (κ3) is 5.88. The Hall–Kier alpha value is -1.80. The fourth-order valence-corrected chi connectivity index (χ4v) is 2.83. The molecule has 4 atom stereocenters. The van der Waals surface area contributed by atoms with Gasteiger partial charge in [-0.25, -0.2) is 0 Å². The Bertz CT molecular complexity index is 556. The molecule has 2 rings (SSSR count). The summed E-state index contributed by atoms with van der Waals surface area (Å²) < 4.78 is 0. The van der Waals surface area contributed by atoms with Crippen LogP contribution in [0.3, 0.4) is 0 Å². The molecule has 2 aromatic carbocycles. The van der Waals surface area contributed by atoms with Crippen molar-refractivity contribution < 1.29 is 20.4 Å². The van der Waals surface area contributed by atoms with E-state index in [2.05, 4.69) is 10.6 Å². The van der Waals surface area contributed by atoms with Crippen molar-refractivity contribution in [3.05, 3.63) is 71.8 Å². The predicted octanol–water partition coefficient (Wildman–Crippen LogP) is 0.355. The van der Waals surface area contributed by atoms with E-state index in [9.17, 15) is 20.4 Å². The molecule has 0 spiro atoms. The van der Waals surface area contributed by atoms with Crippen LogP contribution in [0.15, 0.2) is 60.7 Å². The molecule has 0 radical (unpaired) electrons. The first kappa shape index (κ1) is 20.5. The summed E-state index contributed by atoms with van der Waals surface area (Å²) in [5.41, 5.74) is 1.47. The minimum Gasteiger partial charge on any atom is -0.395 e. The average molecular weight is 360 g/mol. The molecule has 6 nitrogen and oxygen atoms in total. The number of hydrogen-bond acceptors (Lipinski definition) is 6. The van der Waals surface area contributed by atoms with E-state index in [0.717, 1.165) is 11.1 Å². The van der Waals surface area contributed by atoms with Gasteiger partial charge >= 0.3 is 0 Å². The largest absolute Gasteiger partial charge is 0.395 e. The standard InChI is InChI=1S/C20H28N2O4/c23-13-17(19(25)15-7-3-1-4-8-15)21-11-12-22-18(14-24)20(26)16-9-5-2-6-10-16/h1-10,17-26H,11-14H2/t17-,18-,19-,20-/m1/s1. The van der Waals surface area contributed by atoms with Crippen molar-refractivity contribution in [2.24, 2.45) is 0 Å². The number of benzene rings is 2. The van der Waals surface area contributed by atoms with Crippen LogP contribution in [0.1, 0.15) is 23.3 Å². The molecule has 0 aliphatic rings. The van der Waals surface area contributed by atoms with E-state index in [-0.39, 0.29) is 13.2 Å². The normalized spacial score (nSPS) is 16.0. The lowest BCUT2D eigenvalue weighted by atomic mass is 10.0. The van der Waals surface area contributed by atoms with Crippen LogP contribution in [-0.4, -0.2) is 58.8 Å². The summed E-state index contributed by atoms with van der Waals surface area (Å²) in [7, 11) is 0. The lowest BCUT2D eigenvalue weighted by molar-refractivity contribution is 0.0826. The van der Waals surface area contributed by atoms with Crippen LogP contribution in [0.5, 0.6) is 0 Å². The maximum atomic E-state index is 10.3. The third-order valence-corrected chi connectivity index (χ3v) is 4.38. The molecule has 0 amide bonds. The van der Waals surface area contributed by atoms with Gasteiger partial charge in [-0.2, -0.15) is 0 Å². The SMILES string of the molecule is OC[C@@H](NCCN[C@H](CO)[C@H](O)c1ccccc1)[C@H](O)c1ccccc1. The van der Waals surface area contributed by atoms with Crippen LogP contribution in [-0.2, 0) is 0 Å². The van der Waals surface area contributed by atoms with Gasteiger partial charge in [0, 0.05) is 13.1 Å². The predicted molar refractivity (Wildman–Crippen MR) is 101 cm³/mol. The number of aliphatic hydroxyl groups is 4. The lowest BCUT2D eigenvalue weighted by Crippen LogP contribution is -2.45. The number of nitrogens with one attached hydrogen (secondary N) is 2. The van der Waals surface area contributed by atoms with Gasteiger partial charge in [0.05, 0.1) is 37.5 Å². The molecule has 6 N–H and O–H groups in total. The highest BCUT2D eigenvalue weighted by molar-refractivity contribution is 5.19. The van der Waals surface area contributed by atoms with Crippen LogP contribution in [0, 0.1) is 0 Å². The third-order valence-electron chi connectivity index (χ3n) is 4.38. The van der Waals surface area contributed by atoms with Crippen LogP contribution in [0.2, 0.25) is 0 Å². The molecule has 2 aromatic rings. The molecule has 0 aliphatic heterocycles. The maximum Gasteiger partial charge on any atom is 0.0965 e. The first-order chi connectivity index (χ1) is 12.7. The highest BCUT2D eigenvalue weighted by atomic mass is 16.3. The molecule has 0 saturated carbocycles. The second-order valence-corrected chi connectivity index (χ2v) is 6.20. The zero-order valence-electron chi connectivity index (χ0n) is 14.7. The zero-order valence-corrected chi connectivity index (χ0v) is 14.7.